The first-order chi connectivity index (χ1) is 9.15. The van der Waals surface area contributed by atoms with Crippen LogP contribution in [0.15, 0.2) is 18.2 Å². The maximum Gasteiger partial charge on any atom is 0.223 e. The first-order valence-corrected chi connectivity index (χ1v) is 6.75. The van der Waals surface area contributed by atoms with Crippen molar-refractivity contribution in [2.45, 2.75) is 31.6 Å². The number of nitrogens with zero attached hydrogens (tertiary/aromatic N) is 1. The molecule has 0 aromatic heterocycles. The van der Waals surface area contributed by atoms with Gasteiger partial charge in [0, 0.05) is 37.4 Å². The lowest BCUT2D eigenvalue weighted by Gasteiger charge is -2.18. The third kappa shape index (κ3) is 2.27. The second-order valence-corrected chi connectivity index (χ2v) is 5.35. The van der Waals surface area contributed by atoms with Gasteiger partial charge in [0.05, 0.1) is 0 Å². The Balaban J connectivity index is 1.77. The predicted octanol–water partition coefficient (Wildman–Crippen LogP) is 2.51. The Kier molecular flexibility index (Phi) is 3.09. The summed E-state index contributed by atoms with van der Waals surface area (Å²) in [6, 6.07) is 4.31. The fraction of sp³-hybridized carbons (Fsp3) is 0.467. The molecule has 100 valence electrons. The molecule has 1 aromatic rings. The average molecular weight is 261 g/mol. The number of hydrogen-bond acceptors (Lipinski definition) is 2. The van der Waals surface area contributed by atoms with E-state index in [1.807, 2.05) is 4.90 Å². The van der Waals surface area contributed by atoms with Gasteiger partial charge >= 0.3 is 0 Å². The van der Waals surface area contributed by atoms with Gasteiger partial charge in [0.15, 0.2) is 5.78 Å². The summed E-state index contributed by atoms with van der Waals surface area (Å²) in [4.78, 5) is 25.8. The molecule has 1 aliphatic heterocycles. The fourth-order valence-electron chi connectivity index (χ4n) is 3.06. The van der Waals surface area contributed by atoms with Gasteiger partial charge in [-0.3, -0.25) is 9.59 Å². The Labute approximate surface area is 111 Å². The number of halogens is 1. The highest BCUT2D eigenvalue weighted by molar-refractivity contribution is 6.02. The minimum Gasteiger partial charge on any atom is -0.343 e. The van der Waals surface area contributed by atoms with Gasteiger partial charge in [-0.15, -0.1) is 0 Å². The zero-order chi connectivity index (χ0) is 13.4. The van der Waals surface area contributed by atoms with Crippen LogP contribution in [0, 0.1) is 5.82 Å². The zero-order valence-corrected chi connectivity index (χ0v) is 10.7. The molecule has 0 spiro atoms. The molecular weight excluding hydrogens is 245 g/mol. The van der Waals surface area contributed by atoms with Crippen LogP contribution in [0.25, 0.3) is 0 Å². The predicted molar refractivity (Wildman–Crippen MR) is 68.5 cm³/mol. The standard InChI is InChI=1S/C15H16FNO2/c16-11-3-4-12-10(7-14(18)13(12)9-11)8-15(19)17-5-1-2-6-17/h3-4,9-10H,1-2,5-8H2. The zero-order valence-electron chi connectivity index (χ0n) is 10.7. The van der Waals surface area contributed by atoms with Gasteiger partial charge in [-0.25, -0.2) is 4.39 Å². The number of carbonyl (C=O) groups is 2. The molecule has 1 amide bonds. The summed E-state index contributed by atoms with van der Waals surface area (Å²) in [7, 11) is 0. The highest BCUT2D eigenvalue weighted by Gasteiger charge is 2.32. The van der Waals surface area contributed by atoms with Crippen molar-refractivity contribution < 1.29 is 14.0 Å². The minimum atomic E-state index is -0.390. The van der Waals surface area contributed by atoms with Crippen molar-refractivity contribution in [1.29, 1.82) is 0 Å². The van der Waals surface area contributed by atoms with Crippen LogP contribution in [0.5, 0.6) is 0 Å². The van der Waals surface area contributed by atoms with Gasteiger partial charge in [0.25, 0.3) is 0 Å². The molecule has 1 unspecified atom stereocenters. The highest BCUT2D eigenvalue weighted by atomic mass is 19.1. The number of benzene rings is 1. The lowest BCUT2D eigenvalue weighted by Crippen LogP contribution is -2.28. The normalized spacial score (nSPS) is 21.8. The maximum absolute atomic E-state index is 13.1. The maximum atomic E-state index is 13.1. The van der Waals surface area contributed by atoms with Crippen molar-refractivity contribution in [1.82, 2.24) is 4.90 Å². The first kappa shape index (κ1) is 12.3. The number of amides is 1. The lowest BCUT2D eigenvalue weighted by atomic mass is 9.97. The van der Waals surface area contributed by atoms with E-state index in [1.54, 1.807) is 6.07 Å². The average Bonchev–Trinajstić information content (AvgIpc) is 2.99. The summed E-state index contributed by atoms with van der Waals surface area (Å²) in [5.41, 5.74) is 1.29. The highest BCUT2D eigenvalue weighted by Crippen LogP contribution is 2.36. The summed E-state index contributed by atoms with van der Waals surface area (Å²) < 4.78 is 13.1. The van der Waals surface area contributed by atoms with Crippen molar-refractivity contribution in [3.8, 4) is 0 Å². The van der Waals surface area contributed by atoms with Crippen LogP contribution in [0.3, 0.4) is 0 Å². The Morgan fingerprint density at radius 2 is 2.05 bits per heavy atom. The third-order valence-electron chi connectivity index (χ3n) is 4.07. The van der Waals surface area contributed by atoms with Crippen LogP contribution >= 0.6 is 0 Å². The SMILES string of the molecule is O=C1CC(CC(=O)N2CCCC2)c2ccc(F)cc21. The molecule has 0 N–H and O–H groups in total. The fourth-order valence-corrected chi connectivity index (χ4v) is 3.06. The number of Topliss-reactive ketones (excluding diaryl/α,β-unsaturated/α-hetero) is 1. The summed E-state index contributed by atoms with van der Waals surface area (Å²) in [5.74, 6) is -0.393. The molecule has 1 atom stereocenters. The summed E-state index contributed by atoms with van der Waals surface area (Å²) in [5, 5.41) is 0. The van der Waals surface area contributed by atoms with Crippen molar-refractivity contribution in [2.24, 2.45) is 0 Å². The topological polar surface area (TPSA) is 37.4 Å². The number of fused-ring (bicyclic) bond motifs is 1. The molecule has 1 saturated heterocycles. The van der Waals surface area contributed by atoms with E-state index in [4.69, 9.17) is 0 Å². The second kappa shape index (κ2) is 4.76. The molecule has 19 heavy (non-hydrogen) atoms. The monoisotopic (exact) mass is 261 g/mol. The largest absolute Gasteiger partial charge is 0.343 e. The van der Waals surface area contributed by atoms with Gasteiger partial charge in [-0.1, -0.05) is 6.07 Å². The first-order valence-electron chi connectivity index (χ1n) is 6.75. The Morgan fingerprint density at radius 3 is 2.79 bits per heavy atom. The van der Waals surface area contributed by atoms with Gasteiger partial charge in [-0.05, 0) is 30.5 Å². The molecule has 1 heterocycles. The van der Waals surface area contributed by atoms with Crippen molar-refractivity contribution in [3.05, 3.63) is 35.1 Å². The Morgan fingerprint density at radius 1 is 1.32 bits per heavy atom. The van der Waals surface area contributed by atoms with Crippen molar-refractivity contribution in [3.63, 3.8) is 0 Å². The van der Waals surface area contributed by atoms with Crippen LogP contribution in [0.2, 0.25) is 0 Å². The number of rotatable bonds is 2. The van der Waals surface area contributed by atoms with Crippen molar-refractivity contribution >= 4 is 11.7 Å². The molecule has 0 saturated carbocycles. The Hall–Kier alpha value is -1.71. The van der Waals surface area contributed by atoms with E-state index in [0.29, 0.717) is 18.4 Å². The van der Waals surface area contributed by atoms with E-state index >= 15 is 0 Å². The van der Waals surface area contributed by atoms with Gasteiger partial charge in [0.2, 0.25) is 5.91 Å². The molecular formula is C15H16FNO2. The molecule has 2 aliphatic rings. The van der Waals surface area contributed by atoms with Gasteiger partial charge in [-0.2, -0.15) is 0 Å². The van der Waals surface area contributed by atoms with E-state index in [-0.39, 0.29) is 17.6 Å². The number of carbonyl (C=O) groups excluding carboxylic acids is 2. The minimum absolute atomic E-state index is 0.0475. The summed E-state index contributed by atoms with van der Waals surface area (Å²) in [6.07, 6.45) is 2.83. The molecule has 1 aromatic carbocycles. The Bertz CT molecular complexity index is 535. The second-order valence-electron chi connectivity index (χ2n) is 5.35. The van der Waals surface area contributed by atoms with E-state index in [1.165, 1.54) is 12.1 Å². The van der Waals surface area contributed by atoms with E-state index in [2.05, 4.69) is 0 Å². The van der Waals surface area contributed by atoms with Crippen LogP contribution in [-0.4, -0.2) is 29.7 Å². The number of ketones is 1. The van der Waals surface area contributed by atoms with Gasteiger partial charge in [0.1, 0.15) is 5.82 Å². The van der Waals surface area contributed by atoms with Gasteiger partial charge < -0.3 is 4.90 Å². The van der Waals surface area contributed by atoms with Crippen LogP contribution in [0.1, 0.15) is 47.5 Å². The molecule has 1 aliphatic carbocycles. The summed E-state index contributed by atoms with van der Waals surface area (Å²) >= 11 is 0. The van der Waals surface area contributed by atoms with E-state index in [9.17, 15) is 14.0 Å². The van der Waals surface area contributed by atoms with E-state index in [0.717, 1.165) is 31.5 Å². The molecule has 3 rings (SSSR count). The van der Waals surface area contributed by atoms with Crippen molar-refractivity contribution in [2.75, 3.05) is 13.1 Å². The quantitative estimate of drug-likeness (QED) is 0.820. The molecule has 0 radical (unpaired) electrons. The lowest BCUT2D eigenvalue weighted by molar-refractivity contribution is -0.130. The van der Waals surface area contributed by atoms with E-state index < -0.39 is 5.82 Å². The smallest absolute Gasteiger partial charge is 0.223 e. The van der Waals surface area contributed by atoms with Crippen LogP contribution in [0.4, 0.5) is 4.39 Å². The summed E-state index contributed by atoms with van der Waals surface area (Å²) in [6.45, 7) is 1.66. The third-order valence-corrected chi connectivity index (χ3v) is 4.07. The number of hydrogen-bond donors (Lipinski definition) is 0. The number of likely N-dealkylation sites (tertiary alicyclic amines) is 1. The molecule has 0 bridgehead atoms. The van der Waals surface area contributed by atoms with Crippen LogP contribution in [-0.2, 0) is 4.79 Å². The molecule has 1 fully saturated rings. The molecule has 4 heteroatoms. The van der Waals surface area contributed by atoms with Crippen LogP contribution < -0.4 is 0 Å². The molecule has 3 nitrogen and oxygen atoms in total.